The van der Waals surface area contributed by atoms with Gasteiger partial charge in [-0.2, -0.15) is 0 Å². The largest absolute Gasteiger partial charge is 0.326 e. The number of nitrogens with zero attached hydrogens (tertiary/aromatic N) is 2. The van der Waals surface area contributed by atoms with Gasteiger partial charge in [-0.15, -0.1) is 0 Å². The van der Waals surface area contributed by atoms with Crippen LogP contribution in [0.25, 0.3) is 10.8 Å². The summed E-state index contributed by atoms with van der Waals surface area (Å²) in [5, 5.41) is 7.77. The molecule has 1 fully saturated rings. The number of nitrogens with one attached hydrogen (secondary N) is 2. The lowest BCUT2D eigenvalue weighted by molar-refractivity contribution is -0.137. The van der Waals surface area contributed by atoms with Crippen molar-refractivity contribution < 1.29 is 19.2 Å². The molecular weight excluding hydrogens is 540 g/mol. The number of hydrogen-bond donors (Lipinski definition) is 2. The second-order valence-electron chi connectivity index (χ2n) is 11.5. The molecule has 0 aliphatic carbocycles. The number of imide groups is 1. The van der Waals surface area contributed by atoms with Crippen molar-refractivity contribution in [3.05, 3.63) is 113 Å². The van der Waals surface area contributed by atoms with Crippen LogP contribution in [0.4, 0.5) is 5.69 Å². The number of likely N-dealkylation sites (N-methyl/N-ethyl adjacent to an activating group) is 1. The van der Waals surface area contributed by atoms with Crippen molar-refractivity contribution in [1.29, 1.82) is 0 Å². The molecule has 8 heteroatoms. The van der Waals surface area contributed by atoms with Crippen LogP contribution in [0.5, 0.6) is 0 Å². The smallest absolute Gasteiger partial charge is 0.255 e. The minimum Gasteiger partial charge on any atom is -0.326 e. The van der Waals surface area contributed by atoms with Gasteiger partial charge in [0, 0.05) is 37.3 Å². The van der Waals surface area contributed by atoms with E-state index < -0.39 is 11.9 Å². The van der Waals surface area contributed by atoms with Gasteiger partial charge in [0.05, 0.1) is 6.42 Å². The number of amides is 4. The van der Waals surface area contributed by atoms with E-state index in [4.69, 9.17) is 0 Å². The van der Waals surface area contributed by atoms with E-state index in [-0.39, 0.29) is 37.1 Å². The first-order valence-corrected chi connectivity index (χ1v) is 14.6. The molecule has 1 saturated heterocycles. The fourth-order valence-electron chi connectivity index (χ4n) is 5.91. The van der Waals surface area contributed by atoms with Crippen molar-refractivity contribution >= 4 is 40.1 Å². The minimum absolute atomic E-state index is 0.147. The third-order valence-corrected chi connectivity index (χ3v) is 8.24. The van der Waals surface area contributed by atoms with Gasteiger partial charge in [-0.25, -0.2) is 0 Å². The number of fused-ring (bicyclic) bond motifs is 2. The molecule has 1 unspecified atom stereocenters. The molecule has 2 heterocycles. The number of benzene rings is 4. The zero-order chi connectivity index (χ0) is 29.9. The number of carbonyl (C=O) groups is 4. The predicted molar refractivity (Wildman–Crippen MR) is 165 cm³/mol. The summed E-state index contributed by atoms with van der Waals surface area (Å²) in [6.07, 6.45) is 1.73. The van der Waals surface area contributed by atoms with Crippen LogP contribution in [0.1, 0.15) is 45.5 Å². The Hall–Kier alpha value is -4.82. The number of rotatable bonds is 9. The predicted octanol–water partition coefficient (Wildman–Crippen LogP) is 4.46. The first kappa shape index (κ1) is 28.3. The normalized spacial score (nSPS) is 16.5. The molecule has 4 aromatic rings. The SMILES string of the molecule is CN(CCc1ccc2ccccc2c1)Cc1ccc(CC(=O)Nc2ccc3c(c2)CN(C2CCC(=O)NC2=O)C3=O)cc1. The lowest BCUT2D eigenvalue weighted by Crippen LogP contribution is -2.52. The highest BCUT2D eigenvalue weighted by atomic mass is 16.2. The Morgan fingerprint density at radius 3 is 2.44 bits per heavy atom. The van der Waals surface area contributed by atoms with Crippen LogP contribution in [-0.4, -0.2) is 53.1 Å². The van der Waals surface area contributed by atoms with E-state index in [1.54, 1.807) is 18.2 Å². The fourth-order valence-corrected chi connectivity index (χ4v) is 5.91. The summed E-state index contributed by atoms with van der Waals surface area (Å²) in [6.45, 7) is 2.03. The molecule has 2 N–H and O–H groups in total. The monoisotopic (exact) mass is 574 g/mol. The molecule has 2 aliphatic heterocycles. The van der Waals surface area contributed by atoms with E-state index in [0.29, 0.717) is 17.7 Å². The van der Waals surface area contributed by atoms with Gasteiger partial charge in [-0.05, 0) is 71.1 Å². The molecule has 0 radical (unpaired) electrons. The standard InChI is InChI=1S/C35H34N4O4/c1-38(17-16-24-10-11-26-4-2-3-5-27(26)18-24)21-25-8-6-23(7-9-25)19-33(41)36-29-12-13-30-28(20-29)22-39(35(30)43)31-14-15-32(40)37-34(31)42/h2-13,18,20,31H,14-17,19,21-22H2,1H3,(H,36,41)(H,37,40,42). The lowest BCUT2D eigenvalue weighted by Gasteiger charge is -2.29. The zero-order valence-electron chi connectivity index (χ0n) is 24.1. The average Bonchev–Trinajstić information content (AvgIpc) is 3.32. The maximum Gasteiger partial charge on any atom is 0.255 e. The van der Waals surface area contributed by atoms with Crippen LogP contribution in [0.3, 0.4) is 0 Å². The minimum atomic E-state index is -0.664. The molecule has 1 atom stereocenters. The summed E-state index contributed by atoms with van der Waals surface area (Å²) in [4.78, 5) is 53.3. The topological polar surface area (TPSA) is 98.8 Å². The summed E-state index contributed by atoms with van der Waals surface area (Å²) in [5.41, 5.74) is 5.30. The Morgan fingerprint density at radius 2 is 1.65 bits per heavy atom. The first-order chi connectivity index (χ1) is 20.8. The fraction of sp³-hybridized carbons (Fsp3) is 0.257. The van der Waals surface area contributed by atoms with Crippen molar-refractivity contribution in [1.82, 2.24) is 15.1 Å². The molecule has 218 valence electrons. The second-order valence-corrected chi connectivity index (χ2v) is 11.5. The van der Waals surface area contributed by atoms with Crippen LogP contribution in [0, 0.1) is 0 Å². The van der Waals surface area contributed by atoms with Gasteiger partial charge >= 0.3 is 0 Å². The van der Waals surface area contributed by atoms with Crippen molar-refractivity contribution in [3.63, 3.8) is 0 Å². The third kappa shape index (κ3) is 6.49. The molecule has 0 saturated carbocycles. The molecular formula is C35H34N4O4. The van der Waals surface area contributed by atoms with Crippen LogP contribution >= 0.6 is 0 Å². The van der Waals surface area contributed by atoms with Crippen molar-refractivity contribution in [2.24, 2.45) is 0 Å². The Labute approximate surface area is 250 Å². The molecule has 4 aromatic carbocycles. The molecule has 4 amide bonds. The Bertz CT molecular complexity index is 1720. The van der Waals surface area contributed by atoms with E-state index in [2.05, 4.69) is 77.2 Å². The maximum absolute atomic E-state index is 12.9. The highest BCUT2D eigenvalue weighted by Crippen LogP contribution is 2.29. The van der Waals surface area contributed by atoms with E-state index in [1.807, 2.05) is 12.1 Å². The number of anilines is 1. The van der Waals surface area contributed by atoms with Gasteiger partial charge in [-0.1, -0.05) is 66.7 Å². The highest BCUT2D eigenvalue weighted by Gasteiger charge is 2.39. The van der Waals surface area contributed by atoms with Gasteiger partial charge in [0.1, 0.15) is 6.04 Å². The third-order valence-electron chi connectivity index (χ3n) is 8.24. The second kappa shape index (κ2) is 12.2. The van der Waals surface area contributed by atoms with Gasteiger partial charge in [0.25, 0.3) is 5.91 Å². The van der Waals surface area contributed by atoms with Crippen LogP contribution in [0.15, 0.2) is 84.9 Å². The molecule has 2 aliphatic rings. The van der Waals surface area contributed by atoms with E-state index in [1.165, 1.54) is 26.8 Å². The van der Waals surface area contributed by atoms with Crippen LogP contribution in [-0.2, 0) is 40.3 Å². The summed E-state index contributed by atoms with van der Waals surface area (Å²) >= 11 is 0. The Kier molecular flexibility index (Phi) is 8.03. The number of carbonyl (C=O) groups excluding carboxylic acids is 4. The molecule has 0 aromatic heterocycles. The van der Waals surface area contributed by atoms with Gasteiger partial charge in [-0.3, -0.25) is 24.5 Å². The summed E-state index contributed by atoms with van der Waals surface area (Å²) in [5.74, 6) is -1.14. The van der Waals surface area contributed by atoms with Gasteiger partial charge < -0.3 is 15.1 Å². The van der Waals surface area contributed by atoms with Crippen LogP contribution in [0.2, 0.25) is 0 Å². The van der Waals surface area contributed by atoms with E-state index in [9.17, 15) is 19.2 Å². The van der Waals surface area contributed by atoms with E-state index in [0.717, 1.165) is 30.6 Å². The number of piperidine rings is 1. The van der Waals surface area contributed by atoms with Crippen molar-refractivity contribution in [3.8, 4) is 0 Å². The lowest BCUT2D eigenvalue weighted by atomic mass is 10.0. The molecule has 6 rings (SSSR count). The van der Waals surface area contributed by atoms with Crippen molar-refractivity contribution in [2.75, 3.05) is 18.9 Å². The molecule has 43 heavy (non-hydrogen) atoms. The average molecular weight is 575 g/mol. The number of hydrogen-bond acceptors (Lipinski definition) is 5. The zero-order valence-corrected chi connectivity index (χ0v) is 24.1. The first-order valence-electron chi connectivity index (χ1n) is 14.6. The highest BCUT2D eigenvalue weighted by molar-refractivity contribution is 6.05. The van der Waals surface area contributed by atoms with Gasteiger partial charge in [0.2, 0.25) is 17.7 Å². The summed E-state index contributed by atoms with van der Waals surface area (Å²) in [7, 11) is 2.12. The molecule has 8 nitrogen and oxygen atoms in total. The maximum atomic E-state index is 12.9. The quantitative estimate of drug-likeness (QED) is 0.288. The molecule has 0 spiro atoms. The molecule has 0 bridgehead atoms. The summed E-state index contributed by atoms with van der Waals surface area (Å²) in [6, 6.07) is 27.7. The van der Waals surface area contributed by atoms with Gasteiger partial charge in [0.15, 0.2) is 0 Å². The Morgan fingerprint density at radius 1 is 0.907 bits per heavy atom. The van der Waals surface area contributed by atoms with E-state index >= 15 is 0 Å². The van der Waals surface area contributed by atoms with Crippen molar-refractivity contribution in [2.45, 2.75) is 44.8 Å². The Balaban J connectivity index is 0.991. The summed E-state index contributed by atoms with van der Waals surface area (Å²) < 4.78 is 0. The van der Waals surface area contributed by atoms with Crippen LogP contribution < -0.4 is 10.6 Å².